The highest BCUT2D eigenvalue weighted by Gasteiger charge is 2.28. The topological polar surface area (TPSA) is 45.9 Å². The van der Waals surface area contributed by atoms with Gasteiger partial charge in [0.2, 0.25) is 0 Å². The Kier molecular flexibility index (Phi) is 10.1. The Morgan fingerprint density at radius 2 is 0.623 bits per heavy atom. The Labute approximate surface area is 445 Å². The number of hydrogen-bond acceptors (Lipinski definition) is 5. The largest absolute Gasteiger partial charge is 0.456 e. The van der Waals surface area contributed by atoms with Crippen molar-refractivity contribution in [2.24, 2.45) is 0 Å². The number of fused-ring (bicyclic) bond motifs is 13. The number of hydrogen-bond donors (Lipinski definition) is 0. The van der Waals surface area contributed by atoms with Gasteiger partial charge in [-0.25, -0.2) is 0 Å². The van der Waals surface area contributed by atoms with Crippen molar-refractivity contribution in [2.45, 2.75) is 27.7 Å². The Morgan fingerprint density at radius 1 is 0.260 bits per heavy atom. The van der Waals surface area contributed by atoms with E-state index < -0.39 is 0 Å². The quantitative estimate of drug-likeness (QED) is 0.152. The molecule has 0 fully saturated rings. The molecule has 0 bridgehead atoms. The van der Waals surface area contributed by atoms with Crippen LogP contribution in [0.5, 0.6) is 0 Å². The van der Waals surface area contributed by atoms with Crippen LogP contribution in [0.3, 0.4) is 0 Å². The molecule has 3 heterocycles. The zero-order valence-electron chi connectivity index (χ0n) is 43.1. The van der Waals surface area contributed by atoms with Crippen LogP contribution in [0.2, 0.25) is 0 Å². The summed E-state index contributed by atoms with van der Waals surface area (Å²) in [5.74, 6) is 0. The smallest absolute Gasteiger partial charge is 0.159 e. The van der Waals surface area contributed by atoms with Crippen LogP contribution < -0.4 is 9.80 Å². The molecular weight excluding hydrogens is 941 g/mol. The maximum absolute atomic E-state index is 7.38. The molecule has 0 aliphatic carbocycles. The number of para-hydroxylation sites is 4. The summed E-state index contributed by atoms with van der Waals surface area (Å²) in [7, 11) is 0. The predicted molar refractivity (Wildman–Crippen MR) is 322 cm³/mol. The summed E-state index contributed by atoms with van der Waals surface area (Å²) in [6.07, 6.45) is 0. The zero-order chi connectivity index (χ0) is 51.5. The van der Waals surface area contributed by atoms with Gasteiger partial charge in [-0.3, -0.25) is 0 Å². The number of benzene rings is 12. The molecule has 366 valence electrons. The standard InChI is InChI=1S/C72H50N2O3/c1-43-35-37-49(39-45(43)3)73(61-33-17-31-59-57-29-15-27-51(69(57)76-71(59)61)47-19-7-5-8-20-47)63-41-65-67(55-25-13-11-23-53(55)63)68-56-26-14-12-24-54(56)64(42-66(68)75-65)74(50-38-36-44(2)46(4)40-50)62-34-18-32-60-58-30-16-28-52(70(58)77-72(60)62)48-21-9-6-10-22-48/h5-42H,1-4H3. The van der Waals surface area contributed by atoms with Crippen molar-refractivity contribution < 1.29 is 13.3 Å². The first-order chi connectivity index (χ1) is 37.9. The van der Waals surface area contributed by atoms with Crippen LogP contribution in [-0.4, -0.2) is 0 Å². The van der Waals surface area contributed by atoms with Gasteiger partial charge in [-0.15, -0.1) is 0 Å². The van der Waals surface area contributed by atoms with Crippen molar-refractivity contribution in [3.8, 4) is 22.3 Å². The Morgan fingerprint density at radius 3 is 1.04 bits per heavy atom. The lowest BCUT2D eigenvalue weighted by atomic mass is 9.96. The summed E-state index contributed by atoms with van der Waals surface area (Å²) in [6.45, 7) is 8.71. The maximum Gasteiger partial charge on any atom is 0.159 e. The van der Waals surface area contributed by atoms with E-state index in [2.05, 4.69) is 268 Å². The summed E-state index contributed by atoms with van der Waals surface area (Å²) in [5, 5.41) is 10.8. The van der Waals surface area contributed by atoms with E-state index in [1.54, 1.807) is 0 Å². The van der Waals surface area contributed by atoms with Crippen molar-refractivity contribution >= 4 is 121 Å². The molecule has 5 heteroatoms. The SMILES string of the molecule is Cc1ccc(N(c2cc3oc4cc(N(c5ccc(C)c(C)c5)c5cccc6c5oc5c(-c7ccccc7)cccc56)c5ccccc5c4c3c3ccccc23)c2cccc3c2oc2c(-c4ccccc4)cccc23)cc1C. The summed E-state index contributed by atoms with van der Waals surface area (Å²) in [4.78, 5) is 4.74. The van der Waals surface area contributed by atoms with Crippen molar-refractivity contribution in [3.05, 3.63) is 253 Å². The highest BCUT2D eigenvalue weighted by Crippen LogP contribution is 2.52. The average molecular weight is 991 g/mol. The molecule has 0 spiro atoms. The molecule has 5 nitrogen and oxygen atoms in total. The molecule has 0 saturated carbocycles. The third-order valence-electron chi connectivity index (χ3n) is 16.1. The molecule has 0 radical (unpaired) electrons. The molecule has 0 N–H and O–H groups in total. The Hall–Kier alpha value is -9.84. The Balaban J connectivity index is 0.994. The van der Waals surface area contributed by atoms with Gasteiger partial charge in [-0.2, -0.15) is 0 Å². The van der Waals surface area contributed by atoms with Crippen LogP contribution >= 0.6 is 0 Å². The monoisotopic (exact) mass is 990 g/mol. The molecule has 15 aromatic rings. The number of furan rings is 3. The van der Waals surface area contributed by atoms with Gasteiger partial charge in [0, 0.05) is 77.7 Å². The van der Waals surface area contributed by atoms with E-state index in [9.17, 15) is 0 Å². The summed E-state index contributed by atoms with van der Waals surface area (Å²) in [5.41, 5.74) is 20.1. The molecule has 0 saturated heterocycles. The van der Waals surface area contributed by atoms with Crippen molar-refractivity contribution in [3.63, 3.8) is 0 Å². The number of nitrogens with zero attached hydrogens (tertiary/aromatic N) is 2. The highest BCUT2D eigenvalue weighted by molar-refractivity contribution is 6.31. The summed E-state index contributed by atoms with van der Waals surface area (Å²) < 4.78 is 21.7. The summed E-state index contributed by atoms with van der Waals surface area (Å²) >= 11 is 0. The number of anilines is 6. The second-order valence-corrected chi connectivity index (χ2v) is 20.5. The van der Waals surface area contributed by atoms with E-state index in [0.29, 0.717) is 0 Å². The van der Waals surface area contributed by atoms with E-state index >= 15 is 0 Å². The molecule has 0 amide bonds. The Bertz CT molecular complexity index is 4560. The van der Waals surface area contributed by atoms with Crippen molar-refractivity contribution in [2.75, 3.05) is 9.80 Å². The zero-order valence-corrected chi connectivity index (χ0v) is 43.1. The van der Waals surface area contributed by atoms with E-state index in [-0.39, 0.29) is 0 Å². The van der Waals surface area contributed by atoms with Crippen LogP contribution in [0.1, 0.15) is 22.3 Å². The van der Waals surface area contributed by atoms with Gasteiger partial charge >= 0.3 is 0 Å². The molecule has 0 unspecified atom stereocenters. The van der Waals surface area contributed by atoms with Crippen molar-refractivity contribution in [1.29, 1.82) is 0 Å². The predicted octanol–water partition coefficient (Wildman–Crippen LogP) is 21.2. The van der Waals surface area contributed by atoms with Crippen LogP contribution in [-0.2, 0) is 0 Å². The lowest BCUT2D eigenvalue weighted by Crippen LogP contribution is -2.11. The van der Waals surface area contributed by atoms with Crippen LogP contribution in [0.25, 0.3) is 110 Å². The molecular formula is C72H50N2O3. The minimum atomic E-state index is 0.790. The molecule has 3 aromatic heterocycles. The minimum absolute atomic E-state index is 0.790. The van der Waals surface area contributed by atoms with Gasteiger partial charge in [0.1, 0.15) is 22.3 Å². The van der Waals surface area contributed by atoms with Gasteiger partial charge in [0.25, 0.3) is 0 Å². The third-order valence-corrected chi connectivity index (χ3v) is 16.1. The average Bonchev–Trinajstić information content (AvgIpc) is 4.34. The first kappa shape index (κ1) is 44.6. The number of rotatable bonds is 8. The second kappa shape index (κ2) is 17.4. The minimum Gasteiger partial charge on any atom is -0.456 e. The van der Waals surface area contributed by atoms with Gasteiger partial charge in [-0.05, 0) is 108 Å². The van der Waals surface area contributed by atoms with E-state index in [1.807, 2.05) is 0 Å². The fourth-order valence-electron chi connectivity index (χ4n) is 12.0. The molecule has 0 atom stereocenters. The second-order valence-electron chi connectivity index (χ2n) is 20.5. The normalized spacial score (nSPS) is 11.9. The lowest BCUT2D eigenvalue weighted by Gasteiger charge is -2.28. The van der Waals surface area contributed by atoms with Gasteiger partial charge in [0.15, 0.2) is 11.2 Å². The lowest BCUT2D eigenvalue weighted by molar-refractivity contribution is 0.668. The van der Waals surface area contributed by atoms with E-state index in [4.69, 9.17) is 13.3 Å². The van der Waals surface area contributed by atoms with Gasteiger partial charge in [-0.1, -0.05) is 182 Å². The molecule has 0 aliphatic rings. The fourth-order valence-corrected chi connectivity index (χ4v) is 12.0. The van der Waals surface area contributed by atoms with Crippen molar-refractivity contribution in [1.82, 2.24) is 0 Å². The summed E-state index contributed by atoms with van der Waals surface area (Å²) in [6, 6.07) is 82.5. The van der Waals surface area contributed by atoms with Crippen LogP contribution in [0.15, 0.2) is 244 Å². The van der Waals surface area contributed by atoms with Gasteiger partial charge in [0.05, 0.1) is 22.7 Å². The van der Waals surface area contributed by atoms with E-state index in [0.717, 1.165) is 144 Å². The first-order valence-corrected chi connectivity index (χ1v) is 26.4. The molecule has 15 rings (SSSR count). The van der Waals surface area contributed by atoms with Gasteiger partial charge < -0.3 is 23.1 Å². The number of aryl methyl sites for hydroxylation is 4. The fraction of sp³-hybridized carbons (Fsp3) is 0.0556. The molecule has 77 heavy (non-hydrogen) atoms. The molecule has 12 aromatic carbocycles. The van der Waals surface area contributed by atoms with Crippen LogP contribution in [0, 0.1) is 27.7 Å². The third kappa shape index (κ3) is 6.94. The van der Waals surface area contributed by atoms with E-state index in [1.165, 1.54) is 22.3 Å². The molecule has 0 aliphatic heterocycles. The first-order valence-electron chi connectivity index (χ1n) is 26.4. The highest BCUT2D eigenvalue weighted by atomic mass is 16.3. The van der Waals surface area contributed by atoms with Crippen LogP contribution in [0.4, 0.5) is 34.1 Å². The maximum atomic E-state index is 7.38.